The van der Waals surface area contributed by atoms with Crippen molar-refractivity contribution in [2.24, 2.45) is 0 Å². The predicted molar refractivity (Wildman–Crippen MR) is 66.6 cm³/mol. The average Bonchev–Trinajstić information content (AvgIpc) is 2.41. The summed E-state index contributed by atoms with van der Waals surface area (Å²) in [6.45, 7) is -0.299. The Hall–Kier alpha value is -1.85. The Balaban J connectivity index is 2.10. The van der Waals surface area contributed by atoms with E-state index in [2.05, 4.69) is 0 Å². The fourth-order valence-electron chi connectivity index (χ4n) is 1.42. The van der Waals surface area contributed by atoms with Crippen molar-refractivity contribution in [2.45, 2.75) is 13.2 Å². The number of ether oxygens (including phenoxy) is 1. The van der Waals surface area contributed by atoms with Crippen molar-refractivity contribution in [3.8, 4) is 5.75 Å². The molecule has 1 aromatic heterocycles. The van der Waals surface area contributed by atoms with Crippen molar-refractivity contribution in [3.63, 3.8) is 0 Å². The number of aliphatic hydroxyl groups is 1. The van der Waals surface area contributed by atoms with Crippen LogP contribution in [0.5, 0.6) is 5.75 Å². The van der Waals surface area contributed by atoms with Crippen LogP contribution in [0.25, 0.3) is 0 Å². The largest absolute Gasteiger partial charge is 0.482 e. The molecule has 1 aromatic carbocycles. The first-order valence-corrected chi connectivity index (χ1v) is 5.77. The van der Waals surface area contributed by atoms with E-state index in [-0.39, 0.29) is 29.7 Å². The van der Waals surface area contributed by atoms with Crippen LogP contribution in [-0.4, -0.2) is 5.11 Å². The molecule has 2 rings (SSSR count). The topological polar surface area (TPSA) is 59.7 Å². The van der Waals surface area contributed by atoms with Crippen LogP contribution in [0, 0.1) is 5.82 Å². The molecule has 1 heterocycles. The smallest absolute Gasteiger partial charge is 0.227 e. The van der Waals surface area contributed by atoms with Crippen molar-refractivity contribution < 1.29 is 18.7 Å². The molecule has 0 spiro atoms. The van der Waals surface area contributed by atoms with Gasteiger partial charge in [0.05, 0.1) is 5.02 Å². The summed E-state index contributed by atoms with van der Waals surface area (Å²) in [4.78, 5) is 11.6. The van der Waals surface area contributed by atoms with Crippen LogP contribution >= 0.6 is 11.6 Å². The van der Waals surface area contributed by atoms with Crippen molar-refractivity contribution in [2.75, 3.05) is 0 Å². The normalized spacial score (nSPS) is 10.5. The van der Waals surface area contributed by atoms with Crippen molar-refractivity contribution >= 4 is 11.6 Å². The molecule has 0 aliphatic carbocycles. The summed E-state index contributed by atoms with van der Waals surface area (Å²) >= 11 is 5.63. The molecule has 2 aromatic rings. The van der Waals surface area contributed by atoms with E-state index in [0.29, 0.717) is 5.56 Å². The third-order valence-corrected chi connectivity index (χ3v) is 2.68. The van der Waals surface area contributed by atoms with Crippen LogP contribution in [0.3, 0.4) is 0 Å². The number of benzene rings is 1. The zero-order valence-electron chi connectivity index (χ0n) is 9.73. The highest BCUT2D eigenvalue weighted by molar-refractivity contribution is 6.30. The lowest BCUT2D eigenvalue weighted by molar-refractivity contribution is 0.236. The van der Waals surface area contributed by atoms with Gasteiger partial charge in [-0.05, 0) is 17.7 Å². The maximum atomic E-state index is 12.9. The molecule has 0 saturated carbocycles. The summed E-state index contributed by atoms with van der Waals surface area (Å²) in [5.74, 6) is -0.350. The van der Waals surface area contributed by atoms with Crippen LogP contribution in [0.2, 0.25) is 5.02 Å². The van der Waals surface area contributed by atoms with Gasteiger partial charge in [-0.1, -0.05) is 17.7 Å². The Morgan fingerprint density at radius 1 is 1.37 bits per heavy atom. The lowest BCUT2D eigenvalue weighted by atomic mass is 10.2. The zero-order chi connectivity index (χ0) is 13.8. The minimum Gasteiger partial charge on any atom is -0.482 e. The standard InChI is InChI=1S/C13H10ClFO4/c14-10-3-8(1-2-11(10)15)6-19-13-7-18-9(5-16)4-12(13)17/h1-4,7,16H,5-6H2. The molecular weight excluding hydrogens is 275 g/mol. The molecule has 19 heavy (non-hydrogen) atoms. The minimum absolute atomic E-state index is 0.0104. The Morgan fingerprint density at radius 3 is 2.79 bits per heavy atom. The summed E-state index contributed by atoms with van der Waals surface area (Å²) in [7, 11) is 0. The Bertz CT molecular complexity index is 639. The van der Waals surface area contributed by atoms with Crippen LogP contribution in [0.15, 0.2) is 39.7 Å². The van der Waals surface area contributed by atoms with E-state index in [4.69, 9.17) is 25.9 Å². The van der Waals surface area contributed by atoms with Gasteiger partial charge in [0.1, 0.15) is 31.1 Å². The molecule has 0 saturated heterocycles. The molecule has 0 amide bonds. The maximum Gasteiger partial charge on any atom is 0.227 e. The fourth-order valence-corrected chi connectivity index (χ4v) is 1.62. The molecule has 0 aliphatic heterocycles. The molecule has 6 heteroatoms. The second-order valence-corrected chi connectivity index (χ2v) is 4.18. The third-order valence-electron chi connectivity index (χ3n) is 2.39. The summed E-state index contributed by atoms with van der Waals surface area (Å²) in [5, 5.41) is 8.78. The molecule has 1 N–H and O–H groups in total. The zero-order valence-corrected chi connectivity index (χ0v) is 10.5. The molecule has 0 unspecified atom stereocenters. The SMILES string of the molecule is O=c1cc(CO)occ1OCc1ccc(F)c(Cl)c1. The molecule has 100 valence electrons. The summed E-state index contributed by atoms with van der Waals surface area (Å²) < 4.78 is 23.2. The molecule has 0 radical (unpaired) electrons. The Morgan fingerprint density at radius 2 is 2.16 bits per heavy atom. The fraction of sp³-hybridized carbons (Fsp3) is 0.154. The van der Waals surface area contributed by atoms with Gasteiger partial charge < -0.3 is 14.3 Å². The number of rotatable bonds is 4. The van der Waals surface area contributed by atoms with E-state index in [1.165, 1.54) is 18.2 Å². The van der Waals surface area contributed by atoms with Crippen LogP contribution in [-0.2, 0) is 13.2 Å². The maximum absolute atomic E-state index is 12.9. The van der Waals surface area contributed by atoms with Crippen LogP contribution in [0.4, 0.5) is 4.39 Å². The Labute approximate surface area is 113 Å². The van der Waals surface area contributed by atoms with Gasteiger partial charge in [0.15, 0.2) is 0 Å². The van der Waals surface area contributed by atoms with Crippen molar-refractivity contribution in [1.29, 1.82) is 0 Å². The summed E-state index contributed by atoms with van der Waals surface area (Å²) in [6, 6.07) is 5.29. The number of hydrogen-bond acceptors (Lipinski definition) is 4. The molecule has 0 bridgehead atoms. The number of halogens is 2. The summed E-state index contributed by atoms with van der Waals surface area (Å²) in [6.07, 6.45) is 1.12. The molecule has 0 aliphatic rings. The highest BCUT2D eigenvalue weighted by atomic mass is 35.5. The highest BCUT2D eigenvalue weighted by Crippen LogP contribution is 2.17. The van der Waals surface area contributed by atoms with Gasteiger partial charge in [0.2, 0.25) is 11.2 Å². The number of aliphatic hydroxyl groups excluding tert-OH is 1. The van der Waals surface area contributed by atoms with E-state index in [0.717, 1.165) is 12.3 Å². The van der Waals surface area contributed by atoms with E-state index in [1.807, 2.05) is 0 Å². The van der Waals surface area contributed by atoms with Crippen molar-refractivity contribution in [3.05, 3.63) is 62.9 Å². The monoisotopic (exact) mass is 284 g/mol. The summed E-state index contributed by atoms with van der Waals surface area (Å²) in [5.41, 5.74) is 0.223. The average molecular weight is 285 g/mol. The van der Waals surface area contributed by atoms with Crippen molar-refractivity contribution in [1.82, 2.24) is 0 Å². The van der Waals surface area contributed by atoms with Gasteiger partial charge in [0.25, 0.3) is 0 Å². The first kappa shape index (κ1) is 13.6. The van der Waals surface area contributed by atoms with Gasteiger partial charge in [-0.25, -0.2) is 4.39 Å². The first-order valence-electron chi connectivity index (χ1n) is 5.39. The minimum atomic E-state index is -0.516. The highest BCUT2D eigenvalue weighted by Gasteiger charge is 2.06. The van der Waals surface area contributed by atoms with Gasteiger partial charge >= 0.3 is 0 Å². The number of hydrogen-bond donors (Lipinski definition) is 1. The lowest BCUT2D eigenvalue weighted by Gasteiger charge is -2.06. The van der Waals surface area contributed by atoms with E-state index < -0.39 is 11.2 Å². The lowest BCUT2D eigenvalue weighted by Crippen LogP contribution is -2.08. The predicted octanol–water partition coefficient (Wildman–Crippen LogP) is 2.50. The van der Waals surface area contributed by atoms with Gasteiger partial charge in [-0.3, -0.25) is 4.79 Å². The quantitative estimate of drug-likeness (QED) is 0.937. The third kappa shape index (κ3) is 3.33. The molecule has 0 fully saturated rings. The van der Waals surface area contributed by atoms with E-state index >= 15 is 0 Å². The first-order chi connectivity index (χ1) is 9.10. The van der Waals surface area contributed by atoms with Crippen LogP contribution in [0.1, 0.15) is 11.3 Å². The Kier molecular flexibility index (Phi) is 4.19. The van der Waals surface area contributed by atoms with Gasteiger partial charge in [0, 0.05) is 6.07 Å². The van der Waals surface area contributed by atoms with E-state index in [9.17, 15) is 9.18 Å². The molecule has 0 atom stereocenters. The van der Waals surface area contributed by atoms with Gasteiger partial charge in [-0.2, -0.15) is 0 Å². The van der Waals surface area contributed by atoms with Crippen LogP contribution < -0.4 is 10.2 Å². The molecular formula is C13H10ClFO4. The van der Waals surface area contributed by atoms with Gasteiger partial charge in [-0.15, -0.1) is 0 Å². The second-order valence-electron chi connectivity index (χ2n) is 3.77. The van der Waals surface area contributed by atoms with E-state index in [1.54, 1.807) is 0 Å². The second kappa shape index (κ2) is 5.86. The molecule has 4 nitrogen and oxygen atoms in total.